The average molecular weight is 980 g/mol. The first-order chi connectivity index (χ1) is 29.4. The van der Waals surface area contributed by atoms with Gasteiger partial charge in [-0.3, -0.25) is 32.5 Å². The summed E-state index contributed by atoms with van der Waals surface area (Å²) in [5.74, 6) is -1.22. The Morgan fingerprint density at radius 2 is 1.60 bits per heavy atom. The van der Waals surface area contributed by atoms with Crippen LogP contribution in [0.2, 0.25) is 0 Å². The Balaban J connectivity index is 1.38. The molecule has 8 unspecified atom stereocenters. The van der Waals surface area contributed by atoms with Gasteiger partial charge in [0, 0.05) is 37.1 Å². The van der Waals surface area contributed by atoms with E-state index < -0.39 is 90.7 Å². The molecule has 1 aliphatic heterocycles. The fourth-order valence-corrected chi connectivity index (χ4v) is 9.73. The van der Waals surface area contributed by atoms with Crippen molar-refractivity contribution < 1.29 is 85.6 Å². The minimum Gasteiger partial charge on any atom is -0.393 e. The van der Waals surface area contributed by atoms with Crippen LogP contribution in [-0.4, -0.2) is 134 Å². The van der Waals surface area contributed by atoms with Gasteiger partial charge in [0.2, 0.25) is 11.8 Å². The fourth-order valence-electron chi connectivity index (χ4n) is 6.16. The molecule has 8 atom stereocenters. The number of thioether (sulfide) groups is 1. The Labute approximate surface area is 368 Å². The van der Waals surface area contributed by atoms with Crippen molar-refractivity contribution in [2.45, 2.75) is 128 Å². The quantitative estimate of drug-likeness (QED) is 0.0395. The van der Waals surface area contributed by atoms with E-state index in [-0.39, 0.29) is 53.8 Å². The van der Waals surface area contributed by atoms with Crippen LogP contribution >= 0.6 is 35.2 Å². The molecule has 25 nitrogen and oxygen atoms in total. The van der Waals surface area contributed by atoms with Gasteiger partial charge in [-0.2, -0.15) is 4.31 Å². The summed E-state index contributed by atoms with van der Waals surface area (Å²) in [6.07, 6.45) is 1.97. The number of hydrogen-bond acceptors (Lipinski definition) is 19. The Hall–Kier alpha value is -2.48. The van der Waals surface area contributed by atoms with Crippen molar-refractivity contribution in [2.24, 2.45) is 5.41 Å². The Morgan fingerprint density at radius 3 is 2.27 bits per heavy atom. The number of anilines is 1. The molecule has 0 radical (unpaired) electrons. The minimum absolute atomic E-state index is 0.0248. The molecule has 1 fully saturated rings. The van der Waals surface area contributed by atoms with E-state index in [1.165, 1.54) is 46.0 Å². The molecule has 2 amide bonds. The molecule has 11 N–H and O–H groups in total. The number of nitrogens with zero attached hydrogens (tertiary/aromatic N) is 4. The lowest BCUT2D eigenvalue weighted by molar-refractivity contribution is -0.137. The lowest BCUT2D eigenvalue weighted by atomic mass is 9.87. The van der Waals surface area contributed by atoms with Gasteiger partial charge in [-0.25, -0.2) is 28.6 Å². The molecular formula is C34H60N7O18P3S. The van der Waals surface area contributed by atoms with Crippen LogP contribution in [0.25, 0.3) is 11.2 Å². The smallest absolute Gasteiger partial charge is 0.393 e. The van der Waals surface area contributed by atoms with E-state index in [0.717, 1.165) is 48.2 Å². The number of nitrogens with one attached hydrogen (secondary N) is 2. The number of aliphatic hydroxyl groups is 3. The number of aromatic nitrogens is 4. The summed E-state index contributed by atoms with van der Waals surface area (Å²) in [6, 6.07) is 0. The van der Waals surface area contributed by atoms with Crippen LogP contribution in [0.4, 0.5) is 5.82 Å². The summed E-state index contributed by atoms with van der Waals surface area (Å²) in [4.78, 5) is 88.1. The number of imidazole rings is 1. The number of phosphoric ester groups is 3. The van der Waals surface area contributed by atoms with Crippen molar-refractivity contribution in [1.29, 1.82) is 0 Å². The summed E-state index contributed by atoms with van der Waals surface area (Å²) < 4.78 is 62.3. The Bertz CT molecular complexity index is 1940. The largest absolute Gasteiger partial charge is 0.481 e. The molecule has 360 valence electrons. The zero-order valence-electron chi connectivity index (χ0n) is 35.2. The summed E-state index contributed by atoms with van der Waals surface area (Å²) in [6.45, 7) is 2.57. The van der Waals surface area contributed by atoms with Crippen molar-refractivity contribution in [3.8, 4) is 0 Å². The molecule has 0 saturated carbocycles. The van der Waals surface area contributed by atoms with Crippen LogP contribution in [0.15, 0.2) is 12.7 Å². The van der Waals surface area contributed by atoms with E-state index in [9.17, 15) is 63.0 Å². The number of amides is 2. The summed E-state index contributed by atoms with van der Waals surface area (Å²) in [5.41, 5.74) is 4.25. The topological polar surface area (TPSA) is 384 Å². The van der Waals surface area contributed by atoms with Gasteiger partial charge in [0.05, 0.1) is 25.6 Å². The van der Waals surface area contributed by atoms with Crippen LogP contribution in [0.5, 0.6) is 0 Å². The molecule has 29 heteroatoms. The van der Waals surface area contributed by atoms with Crippen LogP contribution in [0.3, 0.4) is 0 Å². The van der Waals surface area contributed by atoms with E-state index in [2.05, 4.69) is 41.3 Å². The molecule has 0 spiro atoms. The number of aliphatic hydroxyl groups excluding tert-OH is 3. The number of unbranched alkanes of at least 4 members (excludes halogenated alkanes) is 7. The van der Waals surface area contributed by atoms with Gasteiger partial charge in [0.25, 0.3) is 0 Å². The van der Waals surface area contributed by atoms with E-state index in [1.54, 1.807) is 0 Å². The van der Waals surface area contributed by atoms with E-state index in [1.807, 2.05) is 0 Å². The first-order valence-electron chi connectivity index (χ1n) is 20.2. The first kappa shape index (κ1) is 54.9. The van der Waals surface area contributed by atoms with Crippen LogP contribution in [-0.2, 0) is 50.7 Å². The molecule has 3 heterocycles. The van der Waals surface area contributed by atoms with Gasteiger partial charge in [-0.15, -0.1) is 0 Å². The number of fused-ring (bicyclic) bond motifs is 1. The summed E-state index contributed by atoms with van der Waals surface area (Å²) >= 11 is 0.993. The summed E-state index contributed by atoms with van der Waals surface area (Å²) in [5, 5.41) is 36.4. The highest BCUT2D eigenvalue weighted by Gasteiger charge is 2.50. The van der Waals surface area contributed by atoms with Crippen LogP contribution < -0.4 is 16.4 Å². The second-order valence-electron chi connectivity index (χ2n) is 15.4. The monoisotopic (exact) mass is 979 g/mol. The lowest BCUT2D eigenvalue weighted by Gasteiger charge is -2.30. The highest BCUT2D eigenvalue weighted by atomic mass is 32.2. The molecule has 0 aliphatic carbocycles. The maximum atomic E-state index is 12.7. The lowest BCUT2D eigenvalue weighted by Crippen LogP contribution is -2.46. The number of carbonyl (C=O) groups excluding carboxylic acids is 3. The van der Waals surface area contributed by atoms with Crippen molar-refractivity contribution in [3.05, 3.63) is 12.7 Å². The third-order valence-electron chi connectivity index (χ3n) is 9.56. The predicted octanol–water partition coefficient (Wildman–Crippen LogP) is 1.95. The van der Waals surface area contributed by atoms with Crippen molar-refractivity contribution in [2.75, 3.05) is 37.8 Å². The van der Waals surface area contributed by atoms with Crippen LogP contribution in [0.1, 0.15) is 97.6 Å². The maximum absolute atomic E-state index is 12.7. The molecule has 2 aromatic heterocycles. The number of rotatable bonds is 30. The summed E-state index contributed by atoms with van der Waals surface area (Å²) in [7, 11) is -16.4. The molecule has 1 aliphatic rings. The average Bonchev–Trinajstić information content (AvgIpc) is 3.75. The molecule has 1 saturated heterocycles. The van der Waals surface area contributed by atoms with E-state index in [0.29, 0.717) is 6.42 Å². The molecule has 0 aromatic carbocycles. The standard InChI is InChI=1S/C34H60N7O18P3S/c1-4-5-6-7-8-9-10-11-12-22(42)17-25(44)63-16-15-36-24(43)13-14-37-32(47)29(46)34(2,3)19-56-62(53,54)59-61(51,52)55-18-23-28(58-60(48,49)50)27(45)33(57-23)41-21-40-26-30(35)38-20-39-31(26)41/h20-23,27-29,33,42,45-46H,4-19H2,1-3H3,(H,36,43)(H,37,47)(H,51,52)(H,53,54)(H2,35,38,39)(H2,48,49,50). The van der Waals surface area contributed by atoms with Gasteiger partial charge < -0.3 is 56.0 Å². The van der Waals surface area contributed by atoms with Crippen molar-refractivity contribution >= 4 is 69.1 Å². The van der Waals surface area contributed by atoms with Gasteiger partial charge in [-0.05, 0) is 6.42 Å². The third kappa shape index (κ3) is 19.1. The highest BCUT2D eigenvalue weighted by Crippen LogP contribution is 2.61. The number of hydrogen-bond donors (Lipinski definition) is 10. The van der Waals surface area contributed by atoms with Crippen molar-refractivity contribution in [3.63, 3.8) is 0 Å². The van der Waals surface area contributed by atoms with Gasteiger partial charge in [0.15, 0.2) is 22.8 Å². The zero-order valence-corrected chi connectivity index (χ0v) is 38.7. The number of ether oxygens (including phenoxy) is 1. The van der Waals surface area contributed by atoms with Gasteiger partial charge in [0.1, 0.15) is 36.3 Å². The molecule has 0 bridgehead atoms. The molecular weight excluding hydrogens is 919 g/mol. The number of nitrogen functional groups attached to an aromatic ring is 1. The van der Waals surface area contributed by atoms with E-state index >= 15 is 0 Å². The predicted molar refractivity (Wildman–Crippen MR) is 225 cm³/mol. The van der Waals surface area contributed by atoms with Crippen molar-refractivity contribution in [1.82, 2.24) is 30.2 Å². The van der Waals surface area contributed by atoms with E-state index in [4.69, 9.17) is 19.5 Å². The highest BCUT2D eigenvalue weighted by molar-refractivity contribution is 8.13. The SMILES string of the molecule is CCCCCCCCCCC(O)CC(=O)SCCNC(=O)CCNC(=O)C(O)C(C)(C)COP(=O)(O)OP(=O)(O)OCC1OC(n2cnc3c(N)ncnc32)C(O)C1OP(=O)(O)O. The first-order valence-corrected chi connectivity index (χ1v) is 25.7. The molecule has 2 aromatic rings. The normalized spacial score (nSPS) is 21.1. The second kappa shape index (κ2) is 25.4. The number of phosphoric acid groups is 3. The molecule has 3 rings (SSSR count). The minimum atomic E-state index is -5.58. The van der Waals surface area contributed by atoms with Gasteiger partial charge in [-0.1, -0.05) is 83.9 Å². The number of nitrogens with two attached hydrogens (primary N) is 1. The number of carbonyl (C=O) groups is 3. The molecule has 63 heavy (non-hydrogen) atoms. The van der Waals surface area contributed by atoms with Gasteiger partial charge >= 0.3 is 23.5 Å². The third-order valence-corrected chi connectivity index (χ3v) is 13.6. The van der Waals surface area contributed by atoms with Crippen LogP contribution in [0, 0.1) is 5.41 Å². The fraction of sp³-hybridized carbons (Fsp3) is 0.765. The maximum Gasteiger partial charge on any atom is 0.481 e. The Morgan fingerprint density at radius 1 is 0.952 bits per heavy atom. The second-order valence-corrected chi connectivity index (χ2v) is 20.8. The Kier molecular flexibility index (Phi) is 22.1. The zero-order chi connectivity index (χ0) is 47.0.